The van der Waals surface area contributed by atoms with Crippen LogP contribution in [-0.2, 0) is 0 Å². The van der Waals surface area contributed by atoms with Gasteiger partial charge in [-0.15, -0.1) is 0 Å². The highest BCUT2D eigenvalue weighted by molar-refractivity contribution is 5.01. The predicted molar refractivity (Wildman–Crippen MR) is 76.4 cm³/mol. The summed E-state index contributed by atoms with van der Waals surface area (Å²) in [4.78, 5) is 2.50. The van der Waals surface area contributed by atoms with Crippen molar-refractivity contribution in [1.82, 2.24) is 10.2 Å². The van der Waals surface area contributed by atoms with Crippen LogP contribution in [0.5, 0.6) is 0 Å². The molecule has 17 heavy (non-hydrogen) atoms. The fourth-order valence-electron chi connectivity index (χ4n) is 3.47. The molecule has 2 heteroatoms. The Hall–Kier alpha value is -0.0800. The summed E-state index contributed by atoms with van der Waals surface area (Å²) in [6, 6.07) is 0.667. The summed E-state index contributed by atoms with van der Waals surface area (Å²) in [6.07, 6.45) is 8.09. The van der Waals surface area contributed by atoms with Gasteiger partial charge in [-0.3, -0.25) is 0 Å². The average molecular weight is 240 g/mol. The number of hydrogen-bond donors (Lipinski definition) is 1. The van der Waals surface area contributed by atoms with Crippen LogP contribution in [0.15, 0.2) is 0 Å². The van der Waals surface area contributed by atoms with Crippen LogP contribution in [0.3, 0.4) is 0 Å². The molecule has 0 bridgehead atoms. The minimum Gasteiger partial charge on any atom is -0.312 e. The van der Waals surface area contributed by atoms with E-state index in [1.807, 2.05) is 0 Å². The third-order valence-electron chi connectivity index (χ3n) is 4.71. The van der Waals surface area contributed by atoms with Crippen molar-refractivity contribution >= 4 is 0 Å². The summed E-state index contributed by atoms with van der Waals surface area (Å²) in [5.74, 6) is 0.923. The topological polar surface area (TPSA) is 15.3 Å². The summed E-state index contributed by atoms with van der Waals surface area (Å²) < 4.78 is 0. The van der Waals surface area contributed by atoms with E-state index in [0.29, 0.717) is 11.6 Å². The zero-order valence-electron chi connectivity index (χ0n) is 12.6. The van der Waals surface area contributed by atoms with Crippen molar-refractivity contribution in [3.8, 4) is 0 Å². The van der Waals surface area contributed by atoms with Crippen LogP contribution in [0.2, 0.25) is 0 Å². The molecule has 0 heterocycles. The predicted octanol–water partition coefficient (Wildman–Crippen LogP) is 3.28. The van der Waals surface area contributed by atoms with E-state index in [1.54, 1.807) is 0 Å². The molecular formula is C15H32N2. The van der Waals surface area contributed by atoms with Gasteiger partial charge in [-0.05, 0) is 58.7 Å². The van der Waals surface area contributed by atoms with E-state index in [1.165, 1.54) is 38.5 Å². The second-order valence-electron chi connectivity index (χ2n) is 6.08. The third kappa shape index (κ3) is 3.45. The molecular weight excluding hydrogens is 208 g/mol. The maximum absolute atomic E-state index is 3.75. The van der Waals surface area contributed by atoms with Crippen LogP contribution in [0, 0.1) is 5.92 Å². The molecule has 0 aromatic heterocycles. The summed E-state index contributed by atoms with van der Waals surface area (Å²) in [5.41, 5.74) is 0.401. The van der Waals surface area contributed by atoms with Crippen molar-refractivity contribution in [2.24, 2.45) is 5.92 Å². The maximum atomic E-state index is 3.75. The van der Waals surface area contributed by atoms with Crippen LogP contribution in [0.1, 0.15) is 59.3 Å². The van der Waals surface area contributed by atoms with Crippen molar-refractivity contribution in [3.63, 3.8) is 0 Å². The molecule has 1 saturated carbocycles. The first-order valence-electron chi connectivity index (χ1n) is 7.47. The van der Waals surface area contributed by atoms with Gasteiger partial charge in [0.05, 0.1) is 0 Å². The van der Waals surface area contributed by atoms with E-state index in [0.717, 1.165) is 12.5 Å². The van der Waals surface area contributed by atoms with Crippen molar-refractivity contribution in [1.29, 1.82) is 0 Å². The Labute approximate surface area is 108 Å². The molecule has 0 spiro atoms. The molecule has 1 aliphatic carbocycles. The minimum absolute atomic E-state index is 0.401. The summed E-state index contributed by atoms with van der Waals surface area (Å²) in [6.45, 7) is 8.04. The molecule has 102 valence electrons. The molecule has 0 amide bonds. The van der Waals surface area contributed by atoms with Gasteiger partial charge in [0.2, 0.25) is 0 Å². The standard InChI is InChI=1S/C15H32N2/c1-6-8-14(16-7-2)15(17(4)5)11-9-13(3)10-12-15/h13-14,16H,6-12H2,1-5H3. The molecule has 0 saturated heterocycles. The zero-order valence-corrected chi connectivity index (χ0v) is 12.6. The average Bonchev–Trinajstić information content (AvgIpc) is 2.30. The monoisotopic (exact) mass is 240 g/mol. The molecule has 0 aromatic rings. The van der Waals surface area contributed by atoms with Crippen molar-refractivity contribution in [2.75, 3.05) is 20.6 Å². The smallest absolute Gasteiger partial charge is 0.0356 e. The fourth-order valence-corrected chi connectivity index (χ4v) is 3.47. The van der Waals surface area contributed by atoms with Crippen LogP contribution >= 0.6 is 0 Å². The highest BCUT2D eigenvalue weighted by atomic mass is 15.2. The van der Waals surface area contributed by atoms with Crippen molar-refractivity contribution in [2.45, 2.75) is 70.9 Å². The second-order valence-corrected chi connectivity index (χ2v) is 6.08. The molecule has 0 radical (unpaired) electrons. The van der Waals surface area contributed by atoms with E-state index >= 15 is 0 Å². The highest BCUT2D eigenvalue weighted by Crippen LogP contribution is 2.38. The Morgan fingerprint density at radius 3 is 2.24 bits per heavy atom. The largest absolute Gasteiger partial charge is 0.312 e. The molecule has 1 rings (SSSR count). The number of nitrogens with zero attached hydrogens (tertiary/aromatic N) is 1. The van der Waals surface area contributed by atoms with Gasteiger partial charge in [0.1, 0.15) is 0 Å². The van der Waals surface area contributed by atoms with Crippen LogP contribution in [0.4, 0.5) is 0 Å². The summed E-state index contributed by atoms with van der Waals surface area (Å²) in [7, 11) is 4.55. The lowest BCUT2D eigenvalue weighted by Gasteiger charge is -2.50. The minimum atomic E-state index is 0.401. The van der Waals surface area contributed by atoms with Gasteiger partial charge in [-0.25, -0.2) is 0 Å². The lowest BCUT2D eigenvalue weighted by molar-refractivity contribution is 0.0406. The summed E-state index contributed by atoms with van der Waals surface area (Å²) in [5, 5.41) is 3.75. The second kappa shape index (κ2) is 6.75. The molecule has 1 atom stereocenters. The van der Waals surface area contributed by atoms with Crippen LogP contribution in [-0.4, -0.2) is 37.1 Å². The Kier molecular flexibility index (Phi) is 5.94. The van der Waals surface area contributed by atoms with E-state index in [2.05, 4.69) is 45.1 Å². The van der Waals surface area contributed by atoms with Crippen LogP contribution in [0.25, 0.3) is 0 Å². The van der Waals surface area contributed by atoms with E-state index < -0.39 is 0 Å². The normalized spacial score (nSPS) is 31.8. The van der Waals surface area contributed by atoms with Crippen molar-refractivity contribution < 1.29 is 0 Å². The number of likely N-dealkylation sites (N-methyl/N-ethyl adjacent to an activating group) is 2. The Balaban J connectivity index is 2.80. The first kappa shape index (κ1) is 15.0. The Morgan fingerprint density at radius 1 is 1.24 bits per heavy atom. The first-order valence-corrected chi connectivity index (χ1v) is 7.47. The Bertz CT molecular complexity index is 199. The van der Waals surface area contributed by atoms with E-state index in [9.17, 15) is 0 Å². The molecule has 2 nitrogen and oxygen atoms in total. The van der Waals surface area contributed by atoms with Crippen molar-refractivity contribution in [3.05, 3.63) is 0 Å². The first-order chi connectivity index (χ1) is 8.06. The van der Waals surface area contributed by atoms with Gasteiger partial charge in [-0.2, -0.15) is 0 Å². The van der Waals surface area contributed by atoms with Gasteiger partial charge < -0.3 is 10.2 Å². The molecule has 1 fully saturated rings. The SMILES string of the molecule is CCCC(NCC)C1(N(C)C)CCC(C)CC1. The lowest BCUT2D eigenvalue weighted by atomic mass is 9.71. The van der Waals surface area contributed by atoms with E-state index in [-0.39, 0.29) is 0 Å². The quantitative estimate of drug-likeness (QED) is 0.766. The fraction of sp³-hybridized carbons (Fsp3) is 1.00. The third-order valence-corrected chi connectivity index (χ3v) is 4.71. The van der Waals surface area contributed by atoms with Gasteiger partial charge in [0, 0.05) is 11.6 Å². The molecule has 1 aliphatic rings. The highest BCUT2D eigenvalue weighted by Gasteiger charge is 2.41. The maximum Gasteiger partial charge on any atom is 0.0356 e. The van der Waals surface area contributed by atoms with Gasteiger partial charge in [0.15, 0.2) is 0 Å². The summed E-state index contributed by atoms with van der Waals surface area (Å²) >= 11 is 0. The molecule has 1 unspecified atom stereocenters. The molecule has 0 aliphatic heterocycles. The number of hydrogen-bond acceptors (Lipinski definition) is 2. The zero-order chi connectivity index (χ0) is 12.9. The van der Waals surface area contributed by atoms with E-state index in [4.69, 9.17) is 0 Å². The van der Waals surface area contributed by atoms with Crippen LogP contribution < -0.4 is 5.32 Å². The number of rotatable bonds is 6. The van der Waals surface area contributed by atoms with Gasteiger partial charge in [0.25, 0.3) is 0 Å². The van der Waals surface area contributed by atoms with Gasteiger partial charge >= 0.3 is 0 Å². The lowest BCUT2D eigenvalue weighted by Crippen LogP contribution is -2.60. The molecule has 0 aromatic carbocycles. The van der Waals surface area contributed by atoms with Gasteiger partial charge in [-0.1, -0.05) is 27.2 Å². The number of nitrogens with one attached hydrogen (secondary N) is 1. The molecule has 1 N–H and O–H groups in total. The Morgan fingerprint density at radius 2 is 1.82 bits per heavy atom.